The highest BCUT2D eigenvalue weighted by Gasteiger charge is 2.31. The van der Waals surface area contributed by atoms with E-state index < -0.39 is 24.0 Å². The lowest BCUT2D eigenvalue weighted by Gasteiger charge is -2.23. The molecule has 1 aliphatic carbocycles. The van der Waals surface area contributed by atoms with Crippen LogP contribution in [0, 0.1) is 5.92 Å². The Hall–Kier alpha value is -4.65. The van der Waals surface area contributed by atoms with E-state index in [-0.39, 0.29) is 40.4 Å². The van der Waals surface area contributed by atoms with E-state index in [1.807, 2.05) is 19.9 Å². The van der Waals surface area contributed by atoms with E-state index in [0.717, 1.165) is 22.5 Å². The molecule has 12 nitrogen and oxygen atoms in total. The van der Waals surface area contributed by atoms with Crippen molar-refractivity contribution in [3.8, 4) is 28.4 Å². The molecule has 0 saturated heterocycles. The number of esters is 1. The predicted molar refractivity (Wildman–Crippen MR) is 176 cm³/mol. The molecule has 1 heterocycles. The lowest BCUT2D eigenvalue weighted by atomic mass is 9.95. The van der Waals surface area contributed by atoms with Crippen LogP contribution < -0.4 is 35.6 Å². The first-order valence-electron chi connectivity index (χ1n) is 15.0. The van der Waals surface area contributed by atoms with Crippen LogP contribution in [0.1, 0.15) is 68.2 Å². The van der Waals surface area contributed by atoms with Gasteiger partial charge in [0, 0.05) is 17.9 Å². The van der Waals surface area contributed by atoms with Crippen molar-refractivity contribution >= 4 is 39.9 Å². The minimum absolute atomic E-state index is 0.104. The number of fused-ring (bicyclic) bond motifs is 3. The predicted octanol–water partition coefficient (Wildman–Crippen LogP) is 4.96. The Morgan fingerprint density at radius 2 is 1.80 bits per heavy atom. The maximum atomic E-state index is 13.8. The number of methoxy groups -OCH3 is 3. The Labute approximate surface area is 271 Å². The van der Waals surface area contributed by atoms with Gasteiger partial charge in [0.1, 0.15) is 6.04 Å². The molecule has 246 valence electrons. The highest BCUT2D eigenvalue weighted by molar-refractivity contribution is 7.14. The molecule has 2 aromatic carbocycles. The summed E-state index contributed by atoms with van der Waals surface area (Å²) in [4.78, 5) is 55.9. The van der Waals surface area contributed by atoms with Crippen LogP contribution in [-0.2, 0) is 20.7 Å². The molecular formula is C33H40N4O8S. The van der Waals surface area contributed by atoms with Gasteiger partial charge in [0.25, 0.3) is 0 Å². The van der Waals surface area contributed by atoms with Gasteiger partial charge >= 0.3 is 5.97 Å². The molecule has 1 aliphatic rings. The van der Waals surface area contributed by atoms with Crippen LogP contribution in [0.25, 0.3) is 11.1 Å². The highest BCUT2D eigenvalue weighted by Crippen LogP contribution is 2.50. The number of rotatable bonds is 12. The number of hydrogen-bond donors (Lipinski definition) is 3. The summed E-state index contributed by atoms with van der Waals surface area (Å²) in [5.41, 5.74) is 2.85. The molecular weight excluding hydrogens is 612 g/mol. The molecule has 0 aliphatic heterocycles. The lowest BCUT2D eigenvalue weighted by molar-refractivity contribution is -0.120. The van der Waals surface area contributed by atoms with Crippen LogP contribution in [-0.4, -0.2) is 56.7 Å². The van der Waals surface area contributed by atoms with Crippen molar-refractivity contribution in [1.29, 1.82) is 0 Å². The first-order chi connectivity index (χ1) is 22.1. The Balaban J connectivity index is 1.80. The maximum absolute atomic E-state index is 13.8. The van der Waals surface area contributed by atoms with Gasteiger partial charge in [-0.05, 0) is 60.6 Å². The van der Waals surface area contributed by atoms with Crippen molar-refractivity contribution in [2.24, 2.45) is 5.92 Å². The summed E-state index contributed by atoms with van der Waals surface area (Å²) in [6.07, 6.45) is 1.72. The van der Waals surface area contributed by atoms with E-state index >= 15 is 0 Å². The third-order valence-electron chi connectivity index (χ3n) is 7.94. The number of thiazole rings is 1. The average molecular weight is 653 g/mol. The molecule has 13 heteroatoms. The molecule has 4 rings (SSSR count). The normalized spacial score (nSPS) is 14.8. The second kappa shape index (κ2) is 15.1. The van der Waals surface area contributed by atoms with Crippen molar-refractivity contribution in [3.05, 3.63) is 56.7 Å². The van der Waals surface area contributed by atoms with Gasteiger partial charge in [-0.3, -0.25) is 14.4 Å². The molecule has 3 atom stereocenters. The molecule has 46 heavy (non-hydrogen) atoms. The first-order valence-corrected chi connectivity index (χ1v) is 15.9. The number of nitrogens with zero attached hydrogens (tertiary/aromatic N) is 1. The third kappa shape index (κ3) is 7.25. The number of carbonyl (C=O) groups is 3. The lowest BCUT2D eigenvalue weighted by Crippen LogP contribution is -2.40. The quantitative estimate of drug-likeness (QED) is 0.229. The zero-order valence-electron chi connectivity index (χ0n) is 27.1. The van der Waals surface area contributed by atoms with Crippen LogP contribution in [0.5, 0.6) is 17.2 Å². The minimum atomic E-state index is -0.813. The van der Waals surface area contributed by atoms with Gasteiger partial charge in [-0.25, -0.2) is 9.78 Å². The number of aryl methyl sites for hydroxylation is 1. The van der Waals surface area contributed by atoms with Crippen molar-refractivity contribution in [2.45, 2.75) is 59.0 Å². The van der Waals surface area contributed by atoms with Gasteiger partial charge < -0.3 is 34.9 Å². The van der Waals surface area contributed by atoms with Gasteiger partial charge in [-0.1, -0.05) is 26.3 Å². The van der Waals surface area contributed by atoms with Crippen molar-refractivity contribution in [1.82, 2.24) is 10.3 Å². The van der Waals surface area contributed by atoms with E-state index in [1.165, 1.54) is 32.6 Å². The molecule has 0 saturated carbocycles. The molecule has 0 unspecified atom stereocenters. The molecule has 2 amide bonds. The van der Waals surface area contributed by atoms with E-state index in [2.05, 4.69) is 20.9 Å². The summed E-state index contributed by atoms with van der Waals surface area (Å²) in [5, 5.41) is 10.7. The van der Waals surface area contributed by atoms with Gasteiger partial charge in [-0.15, -0.1) is 11.3 Å². The number of benzene rings is 1. The van der Waals surface area contributed by atoms with Crippen LogP contribution >= 0.6 is 11.3 Å². The third-order valence-corrected chi connectivity index (χ3v) is 8.70. The number of ether oxygens (including phenoxy) is 4. The molecule has 0 fully saturated rings. The molecule has 0 spiro atoms. The highest BCUT2D eigenvalue weighted by atomic mass is 32.1. The minimum Gasteiger partial charge on any atom is -0.493 e. The molecule has 3 aromatic rings. The fourth-order valence-electron chi connectivity index (χ4n) is 5.51. The van der Waals surface area contributed by atoms with Crippen LogP contribution in [0.3, 0.4) is 0 Å². The topological polar surface area (TPSA) is 154 Å². The standard InChI is InChI=1S/C33H40N4O8S/c1-8-17(3)28(31(40)37-33-36-24(16-46-33)32(41)45-9-2)35-23-13-11-20-21(15-25(23)39)22(34-18(4)38)12-10-19-14-26(42-5)29(43-6)30(44-7)27(19)20/h11,13-17,22,28H,8-10,12H2,1-7H3,(H,34,38)(H,35,39)(H,36,37,40)/t17-,22+,28+/m0/s1. The van der Waals surface area contributed by atoms with Gasteiger partial charge in [0.15, 0.2) is 22.3 Å². The summed E-state index contributed by atoms with van der Waals surface area (Å²) in [6.45, 7) is 7.19. The average Bonchev–Trinajstić information content (AvgIpc) is 3.38. The number of hydrogen-bond acceptors (Lipinski definition) is 11. The second-order valence-corrected chi connectivity index (χ2v) is 11.7. The summed E-state index contributed by atoms with van der Waals surface area (Å²) in [5.74, 6) is -0.0532. The number of nitrogens with one attached hydrogen (secondary N) is 3. The van der Waals surface area contributed by atoms with Gasteiger partial charge in [0.2, 0.25) is 23.0 Å². The monoisotopic (exact) mass is 652 g/mol. The summed E-state index contributed by atoms with van der Waals surface area (Å²) in [6, 6.07) is 5.54. The Morgan fingerprint density at radius 1 is 1.07 bits per heavy atom. The molecule has 0 bridgehead atoms. The Bertz CT molecular complexity index is 1670. The zero-order chi connectivity index (χ0) is 33.5. The van der Waals surface area contributed by atoms with Crippen molar-refractivity contribution in [2.75, 3.05) is 38.6 Å². The van der Waals surface area contributed by atoms with Crippen LogP contribution in [0.2, 0.25) is 0 Å². The van der Waals surface area contributed by atoms with Crippen molar-refractivity contribution in [3.63, 3.8) is 0 Å². The molecule has 3 N–H and O–H groups in total. The first kappa shape index (κ1) is 34.2. The SMILES string of the molecule is CCOC(=O)c1csc(NC(=O)[C@H](Nc2ccc3c(cc2=O)[C@H](NC(C)=O)CCc2cc(OC)c(OC)c(OC)c2-3)[C@@H](C)CC)n1. The fourth-order valence-corrected chi connectivity index (χ4v) is 6.19. The van der Waals surface area contributed by atoms with E-state index in [1.54, 1.807) is 26.2 Å². The summed E-state index contributed by atoms with van der Waals surface area (Å²) < 4.78 is 22.1. The number of anilines is 2. The van der Waals surface area contributed by atoms with E-state index in [0.29, 0.717) is 47.6 Å². The fraction of sp³-hybridized carbons (Fsp3) is 0.424. The molecule has 0 radical (unpaired) electrons. The Morgan fingerprint density at radius 3 is 2.43 bits per heavy atom. The van der Waals surface area contributed by atoms with Crippen LogP contribution in [0.4, 0.5) is 10.8 Å². The summed E-state index contributed by atoms with van der Waals surface area (Å²) >= 11 is 1.10. The number of aromatic nitrogens is 1. The zero-order valence-corrected chi connectivity index (χ0v) is 27.9. The van der Waals surface area contributed by atoms with Crippen LogP contribution in [0.15, 0.2) is 34.4 Å². The maximum Gasteiger partial charge on any atom is 0.357 e. The molecule has 1 aromatic heterocycles. The Kier molecular flexibility index (Phi) is 11.2. The largest absolute Gasteiger partial charge is 0.493 e. The van der Waals surface area contributed by atoms with Crippen molar-refractivity contribution < 1.29 is 33.3 Å². The number of carbonyl (C=O) groups excluding carboxylic acids is 3. The second-order valence-electron chi connectivity index (χ2n) is 10.9. The van der Waals surface area contributed by atoms with Gasteiger partial charge in [-0.2, -0.15) is 0 Å². The van der Waals surface area contributed by atoms with E-state index in [9.17, 15) is 19.2 Å². The van der Waals surface area contributed by atoms with Gasteiger partial charge in [0.05, 0.1) is 39.7 Å². The number of amides is 2. The van der Waals surface area contributed by atoms with E-state index in [4.69, 9.17) is 18.9 Å². The smallest absolute Gasteiger partial charge is 0.357 e. The summed E-state index contributed by atoms with van der Waals surface area (Å²) in [7, 11) is 4.61.